The minimum absolute atomic E-state index is 0.248. The number of aryl methyl sites for hydroxylation is 1. The van der Waals surface area contributed by atoms with E-state index in [9.17, 15) is 5.11 Å². The summed E-state index contributed by atoms with van der Waals surface area (Å²) in [4.78, 5) is 0. The van der Waals surface area contributed by atoms with Gasteiger partial charge in [-0.2, -0.15) is 0 Å². The summed E-state index contributed by atoms with van der Waals surface area (Å²) in [7, 11) is 0. The Kier molecular flexibility index (Phi) is 6.12. The predicted molar refractivity (Wildman–Crippen MR) is 108 cm³/mol. The molecule has 1 heterocycles. The quantitative estimate of drug-likeness (QED) is 0.796. The normalized spacial score (nSPS) is 21.6. The summed E-state index contributed by atoms with van der Waals surface area (Å²) in [5.41, 5.74) is 3.23. The van der Waals surface area contributed by atoms with Crippen LogP contribution in [0.15, 0.2) is 54.6 Å². The van der Waals surface area contributed by atoms with Crippen molar-refractivity contribution in [3.63, 3.8) is 0 Å². The number of hydrogen-bond donors (Lipinski definition) is 1. The maximum Gasteiger partial charge on any atom is 0.168 e. The topological polar surface area (TPSA) is 47.9 Å². The van der Waals surface area contributed by atoms with Crippen LogP contribution in [0.1, 0.15) is 48.5 Å². The SMILES string of the molecule is Cc1ccc(C(O)C(OCc2ccccc2)C2CCC3(CC2)OCCO3)cc1. The van der Waals surface area contributed by atoms with Crippen molar-refractivity contribution in [1.82, 2.24) is 0 Å². The minimum Gasteiger partial charge on any atom is -0.386 e. The fraction of sp³-hybridized carbons (Fsp3) is 0.500. The Balaban J connectivity index is 1.48. The first-order chi connectivity index (χ1) is 13.7. The molecule has 2 aliphatic rings. The monoisotopic (exact) mass is 382 g/mol. The minimum atomic E-state index is -0.645. The van der Waals surface area contributed by atoms with Crippen LogP contribution in [0.2, 0.25) is 0 Å². The third-order valence-electron chi connectivity index (χ3n) is 6.09. The maximum atomic E-state index is 11.2. The van der Waals surface area contributed by atoms with Gasteiger partial charge in [0.15, 0.2) is 5.79 Å². The van der Waals surface area contributed by atoms with Gasteiger partial charge in [0, 0.05) is 12.8 Å². The van der Waals surface area contributed by atoms with Crippen LogP contribution in [-0.2, 0) is 20.8 Å². The van der Waals surface area contributed by atoms with Crippen molar-refractivity contribution in [2.75, 3.05) is 13.2 Å². The molecule has 4 heteroatoms. The molecular formula is C24H30O4. The zero-order valence-corrected chi connectivity index (χ0v) is 16.5. The van der Waals surface area contributed by atoms with E-state index >= 15 is 0 Å². The Hall–Kier alpha value is -1.72. The van der Waals surface area contributed by atoms with Gasteiger partial charge < -0.3 is 19.3 Å². The molecule has 1 aliphatic heterocycles. The predicted octanol–water partition coefficient (Wildman–Crippen LogP) is 4.55. The molecule has 0 bridgehead atoms. The van der Waals surface area contributed by atoms with Gasteiger partial charge in [-0.1, -0.05) is 60.2 Å². The van der Waals surface area contributed by atoms with Crippen LogP contribution < -0.4 is 0 Å². The highest BCUT2D eigenvalue weighted by molar-refractivity contribution is 5.24. The first-order valence-corrected chi connectivity index (χ1v) is 10.3. The lowest BCUT2D eigenvalue weighted by Crippen LogP contribution is -2.40. The third kappa shape index (κ3) is 4.47. The molecule has 1 saturated carbocycles. The van der Waals surface area contributed by atoms with Gasteiger partial charge in [-0.3, -0.25) is 0 Å². The lowest BCUT2D eigenvalue weighted by Gasteiger charge is -2.39. The molecule has 0 aromatic heterocycles. The highest BCUT2D eigenvalue weighted by Gasteiger charge is 2.43. The number of aliphatic hydroxyl groups is 1. The fourth-order valence-electron chi connectivity index (χ4n) is 4.40. The van der Waals surface area contributed by atoms with E-state index in [1.807, 2.05) is 42.5 Å². The molecule has 150 valence electrons. The smallest absolute Gasteiger partial charge is 0.168 e. The molecule has 28 heavy (non-hydrogen) atoms. The van der Waals surface area contributed by atoms with Crippen molar-refractivity contribution in [3.8, 4) is 0 Å². The number of rotatable bonds is 6. The van der Waals surface area contributed by atoms with Crippen LogP contribution in [0.5, 0.6) is 0 Å². The molecule has 2 aromatic carbocycles. The van der Waals surface area contributed by atoms with Crippen LogP contribution in [0.3, 0.4) is 0 Å². The summed E-state index contributed by atoms with van der Waals surface area (Å²) < 4.78 is 18.1. The second-order valence-corrected chi connectivity index (χ2v) is 8.06. The van der Waals surface area contributed by atoms with Crippen molar-refractivity contribution in [2.24, 2.45) is 5.92 Å². The molecule has 2 fully saturated rings. The third-order valence-corrected chi connectivity index (χ3v) is 6.09. The van der Waals surface area contributed by atoms with Crippen LogP contribution in [0, 0.1) is 12.8 Å². The van der Waals surface area contributed by atoms with Crippen LogP contribution in [0.4, 0.5) is 0 Å². The molecular weight excluding hydrogens is 352 g/mol. The van der Waals surface area contributed by atoms with E-state index in [0.717, 1.165) is 36.8 Å². The lowest BCUT2D eigenvalue weighted by atomic mass is 9.79. The average Bonchev–Trinajstić information content (AvgIpc) is 3.19. The highest BCUT2D eigenvalue weighted by Crippen LogP contribution is 2.42. The van der Waals surface area contributed by atoms with Gasteiger partial charge in [-0.15, -0.1) is 0 Å². The van der Waals surface area contributed by atoms with E-state index < -0.39 is 11.9 Å². The van der Waals surface area contributed by atoms with Crippen LogP contribution >= 0.6 is 0 Å². The van der Waals surface area contributed by atoms with Gasteiger partial charge in [-0.05, 0) is 36.8 Å². The molecule has 4 rings (SSSR count). The second-order valence-electron chi connectivity index (χ2n) is 8.06. The van der Waals surface area contributed by atoms with Crippen molar-refractivity contribution in [2.45, 2.75) is 57.2 Å². The number of benzene rings is 2. The van der Waals surface area contributed by atoms with Crippen molar-refractivity contribution in [1.29, 1.82) is 0 Å². The van der Waals surface area contributed by atoms with Gasteiger partial charge in [0.05, 0.1) is 25.9 Å². The second kappa shape index (κ2) is 8.75. The van der Waals surface area contributed by atoms with Gasteiger partial charge in [0.2, 0.25) is 0 Å². The van der Waals surface area contributed by atoms with Gasteiger partial charge in [-0.25, -0.2) is 0 Å². The number of hydrogen-bond acceptors (Lipinski definition) is 4. The molecule has 1 aliphatic carbocycles. The van der Waals surface area contributed by atoms with E-state index in [2.05, 4.69) is 19.1 Å². The van der Waals surface area contributed by atoms with E-state index in [1.54, 1.807) is 0 Å². The Bertz CT molecular complexity index is 727. The molecule has 1 saturated heterocycles. The molecule has 0 radical (unpaired) electrons. The number of aliphatic hydroxyl groups excluding tert-OH is 1. The first kappa shape index (κ1) is 19.6. The van der Waals surface area contributed by atoms with Crippen molar-refractivity contribution >= 4 is 0 Å². The average molecular weight is 383 g/mol. The van der Waals surface area contributed by atoms with E-state index in [4.69, 9.17) is 14.2 Å². The van der Waals surface area contributed by atoms with E-state index in [0.29, 0.717) is 19.8 Å². The van der Waals surface area contributed by atoms with E-state index in [-0.39, 0.29) is 12.0 Å². The lowest BCUT2D eigenvalue weighted by molar-refractivity contribution is -0.194. The molecule has 2 atom stereocenters. The highest BCUT2D eigenvalue weighted by atomic mass is 16.7. The molecule has 2 unspecified atom stereocenters. The number of ether oxygens (including phenoxy) is 3. The van der Waals surface area contributed by atoms with Crippen molar-refractivity contribution in [3.05, 3.63) is 71.3 Å². The van der Waals surface area contributed by atoms with Gasteiger partial charge >= 0.3 is 0 Å². The zero-order valence-electron chi connectivity index (χ0n) is 16.5. The molecule has 4 nitrogen and oxygen atoms in total. The van der Waals surface area contributed by atoms with Gasteiger partial charge in [0.1, 0.15) is 6.10 Å². The van der Waals surface area contributed by atoms with E-state index in [1.165, 1.54) is 5.56 Å². The van der Waals surface area contributed by atoms with Crippen molar-refractivity contribution < 1.29 is 19.3 Å². The summed E-state index contributed by atoms with van der Waals surface area (Å²) in [5, 5.41) is 11.2. The summed E-state index contributed by atoms with van der Waals surface area (Å²) in [6.45, 7) is 3.93. The summed E-state index contributed by atoms with van der Waals surface area (Å²) in [6, 6.07) is 18.3. The fourth-order valence-corrected chi connectivity index (χ4v) is 4.40. The Morgan fingerprint density at radius 3 is 2.29 bits per heavy atom. The standard InChI is InChI=1S/C24H30O4/c1-18-7-9-20(10-8-18)22(25)23(26-17-19-5-3-2-4-6-19)21-11-13-24(14-12-21)27-15-16-28-24/h2-10,21-23,25H,11-17H2,1H3. The van der Waals surface area contributed by atoms with Crippen LogP contribution in [-0.4, -0.2) is 30.2 Å². The Morgan fingerprint density at radius 2 is 1.64 bits per heavy atom. The summed E-state index contributed by atoms with van der Waals surface area (Å²) in [5.74, 6) is -0.117. The molecule has 0 amide bonds. The molecule has 1 N–H and O–H groups in total. The molecule has 2 aromatic rings. The summed E-state index contributed by atoms with van der Waals surface area (Å²) in [6.07, 6.45) is 2.70. The maximum absolute atomic E-state index is 11.2. The molecule has 1 spiro atoms. The largest absolute Gasteiger partial charge is 0.386 e. The Morgan fingerprint density at radius 1 is 1.00 bits per heavy atom. The zero-order chi connectivity index (χ0) is 19.4. The van der Waals surface area contributed by atoms with Gasteiger partial charge in [0.25, 0.3) is 0 Å². The van der Waals surface area contributed by atoms with Crippen LogP contribution in [0.25, 0.3) is 0 Å². The first-order valence-electron chi connectivity index (χ1n) is 10.3. The summed E-state index contributed by atoms with van der Waals surface area (Å²) >= 11 is 0. The Labute approximate surface area is 167 Å².